The second kappa shape index (κ2) is 6.13. The van der Waals surface area contributed by atoms with E-state index in [1.54, 1.807) is 19.1 Å². The Morgan fingerprint density at radius 1 is 1.29 bits per heavy atom. The maximum Gasteiger partial charge on any atom is 0.311 e. The first-order valence-corrected chi connectivity index (χ1v) is 5.69. The molecule has 0 saturated heterocycles. The van der Waals surface area contributed by atoms with Crippen molar-refractivity contribution in [3.8, 4) is 11.5 Å². The highest BCUT2D eigenvalue weighted by molar-refractivity contribution is 5.71. The van der Waals surface area contributed by atoms with Crippen molar-refractivity contribution in [3.05, 3.63) is 24.3 Å². The van der Waals surface area contributed by atoms with Gasteiger partial charge in [0.1, 0.15) is 11.5 Å². The van der Waals surface area contributed by atoms with Crippen LogP contribution in [0.4, 0.5) is 0 Å². The standard InChI is InChI=1S/C13H18O4/c1-4-9(2)13(15)17-10(3)16-12-7-5-11(14)6-8-12/h5-10,14H,4H2,1-3H3. The lowest BCUT2D eigenvalue weighted by molar-refractivity contribution is -0.165. The van der Waals surface area contributed by atoms with Gasteiger partial charge in [0.25, 0.3) is 0 Å². The number of phenolic OH excluding ortho intramolecular Hbond substituents is 1. The van der Waals surface area contributed by atoms with Crippen LogP contribution in [0.15, 0.2) is 24.3 Å². The number of carbonyl (C=O) groups excluding carboxylic acids is 1. The van der Waals surface area contributed by atoms with Gasteiger partial charge in [0.15, 0.2) is 0 Å². The van der Waals surface area contributed by atoms with Gasteiger partial charge in [-0.3, -0.25) is 4.79 Å². The zero-order valence-corrected chi connectivity index (χ0v) is 10.3. The molecule has 1 aromatic rings. The minimum absolute atomic E-state index is 0.124. The fraction of sp³-hybridized carbons (Fsp3) is 0.462. The van der Waals surface area contributed by atoms with Crippen LogP contribution in [0, 0.1) is 5.92 Å². The summed E-state index contributed by atoms with van der Waals surface area (Å²) in [6, 6.07) is 6.25. The van der Waals surface area contributed by atoms with Crippen molar-refractivity contribution in [2.24, 2.45) is 5.92 Å². The van der Waals surface area contributed by atoms with Crippen molar-refractivity contribution in [2.75, 3.05) is 0 Å². The van der Waals surface area contributed by atoms with E-state index >= 15 is 0 Å². The summed E-state index contributed by atoms with van der Waals surface area (Å²) in [6.07, 6.45) is 0.103. The van der Waals surface area contributed by atoms with Crippen LogP contribution in [0.25, 0.3) is 0 Å². The number of carbonyl (C=O) groups is 1. The van der Waals surface area contributed by atoms with Gasteiger partial charge >= 0.3 is 5.97 Å². The smallest absolute Gasteiger partial charge is 0.311 e. The van der Waals surface area contributed by atoms with E-state index in [0.29, 0.717) is 5.75 Å². The molecule has 0 aromatic heterocycles. The van der Waals surface area contributed by atoms with Crippen molar-refractivity contribution < 1.29 is 19.4 Å². The van der Waals surface area contributed by atoms with Crippen LogP contribution in [0.2, 0.25) is 0 Å². The molecule has 1 N–H and O–H groups in total. The van der Waals surface area contributed by atoms with Crippen LogP contribution in [-0.4, -0.2) is 17.4 Å². The second-order valence-corrected chi connectivity index (χ2v) is 3.93. The van der Waals surface area contributed by atoms with E-state index in [1.165, 1.54) is 12.1 Å². The summed E-state index contributed by atoms with van der Waals surface area (Å²) in [6.45, 7) is 5.40. The van der Waals surface area contributed by atoms with Crippen LogP contribution in [0.5, 0.6) is 11.5 Å². The number of phenols is 1. The minimum atomic E-state index is -0.638. The van der Waals surface area contributed by atoms with E-state index in [2.05, 4.69) is 0 Å². The summed E-state index contributed by atoms with van der Waals surface area (Å²) in [5.74, 6) is 0.327. The Hall–Kier alpha value is -1.71. The van der Waals surface area contributed by atoms with Crippen molar-refractivity contribution in [1.29, 1.82) is 0 Å². The average Bonchev–Trinajstić information content (AvgIpc) is 2.30. The van der Waals surface area contributed by atoms with Gasteiger partial charge in [-0.2, -0.15) is 0 Å². The van der Waals surface area contributed by atoms with Gasteiger partial charge in [-0.05, 0) is 30.7 Å². The maximum atomic E-state index is 11.5. The molecule has 0 heterocycles. The highest BCUT2D eigenvalue weighted by Crippen LogP contribution is 2.18. The molecule has 0 radical (unpaired) electrons. The van der Waals surface area contributed by atoms with Gasteiger partial charge in [-0.15, -0.1) is 0 Å². The molecule has 1 aromatic carbocycles. The quantitative estimate of drug-likeness (QED) is 0.633. The monoisotopic (exact) mass is 238 g/mol. The Labute approximate surface area is 101 Å². The van der Waals surface area contributed by atoms with Crippen molar-refractivity contribution in [3.63, 3.8) is 0 Å². The molecule has 0 amide bonds. The molecule has 0 spiro atoms. The van der Waals surface area contributed by atoms with Gasteiger partial charge in [-0.1, -0.05) is 13.8 Å². The fourth-order valence-electron chi connectivity index (χ4n) is 1.19. The molecular formula is C13H18O4. The number of ether oxygens (including phenoxy) is 2. The van der Waals surface area contributed by atoms with Gasteiger partial charge < -0.3 is 14.6 Å². The largest absolute Gasteiger partial charge is 0.508 e. The van der Waals surface area contributed by atoms with E-state index in [-0.39, 0.29) is 17.6 Å². The Bertz CT molecular complexity index is 358. The Kier molecular flexibility index (Phi) is 4.82. The first-order valence-electron chi connectivity index (χ1n) is 5.69. The first-order chi connectivity index (χ1) is 8.02. The molecule has 4 nitrogen and oxygen atoms in total. The molecular weight excluding hydrogens is 220 g/mol. The third kappa shape index (κ3) is 4.34. The Morgan fingerprint density at radius 3 is 2.41 bits per heavy atom. The van der Waals surface area contributed by atoms with E-state index in [0.717, 1.165) is 6.42 Å². The lowest BCUT2D eigenvalue weighted by Crippen LogP contribution is -2.24. The van der Waals surface area contributed by atoms with Crippen LogP contribution in [0.3, 0.4) is 0 Å². The van der Waals surface area contributed by atoms with Crippen LogP contribution in [0.1, 0.15) is 27.2 Å². The number of aromatic hydroxyl groups is 1. The third-order valence-electron chi connectivity index (χ3n) is 2.44. The normalized spacial score (nSPS) is 13.8. The van der Waals surface area contributed by atoms with Crippen molar-refractivity contribution in [1.82, 2.24) is 0 Å². The number of benzene rings is 1. The molecule has 0 bridgehead atoms. The Morgan fingerprint density at radius 2 is 1.88 bits per heavy atom. The van der Waals surface area contributed by atoms with Crippen LogP contribution in [-0.2, 0) is 9.53 Å². The number of rotatable bonds is 5. The predicted octanol–water partition coefficient (Wildman–Crippen LogP) is 2.71. The number of hydrogen-bond donors (Lipinski definition) is 1. The van der Waals surface area contributed by atoms with Crippen molar-refractivity contribution in [2.45, 2.75) is 33.5 Å². The van der Waals surface area contributed by atoms with Gasteiger partial charge in [0, 0.05) is 6.92 Å². The summed E-state index contributed by atoms with van der Waals surface area (Å²) in [5, 5.41) is 9.10. The highest BCUT2D eigenvalue weighted by Gasteiger charge is 2.16. The predicted molar refractivity (Wildman–Crippen MR) is 63.7 cm³/mol. The summed E-state index contributed by atoms with van der Waals surface area (Å²) in [7, 11) is 0. The summed E-state index contributed by atoms with van der Waals surface area (Å²) >= 11 is 0. The summed E-state index contributed by atoms with van der Waals surface area (Å²) < 4.78 is 10.5. The molecule has 2 atom stereocenters. The second-order valence-electron chi connectivity index (χ2n) is 3.93. The molecule has 0 aliphatic heterocycles. The van der Waals surface area contributed by atoms with E-state index in [4.69, 9.17) is 14.6 Å². The molecule has 94 valence electrons. The zero-order valence-electron chi connectivity index (χ0n) is 10.3. The molecule has 4 heteroatoms. The number of hydrogen-bond acceptors (Lipinski definition) is 4. The SMILES string of the molecule is CCC(C)C(=O)OC(C)Oc1ccc(O)cc1. The molecule has 1 rings (SSSR count). The molecule has 2 unspecified atom stereocenters. The van der Waals surface area contributed by atoms with E-state index < -0.39 is 6.29 Å². The minimum Gasteiger partial charge on any atom is -0.508 e. The topological polar surface area (TPSA) is 55.8 Å². The Balaban J connectivity index is 2.47. The van der Waals surface area contributed by atoms with E-state index in [9.17, 15) is 4.79 Å². The van der Waals surface area contributed by atoms with Gasteiger partial charge in [0.2, 0.25) is 6.29 Å². The zero-order chi connectivity index (χ0) is 12.8. The molecule has 0 aliphatic carbocycles. The maximum absolute atomic E-state index is 11.5. The first kappa shape index (κ1) is 13.4. The fourth-order valence-corrected chi connectivity index (χ4v) is 1.19. The lowest BCUT2D eigenvalue weighted by atomic mass is 10.1. The van der Waals surface area contributed by atoms with Gasteiger partial charge in [-0.25, -0.2) is 0 Å². The number of esters is 1. The van der Waals surface area contributed by atoms with Crippen LogP contribution >= 0.6 is 0 Å². The molecule has 17 heavy (non-hydrogen) atoms. The van der Waals surface area contributed by atoms with E-state index in [1.807, 2.05) is 13.8 Å². The highest BCUT2D eigenvalue weighted by atomic mass is 16.7. The van der Waals surface area contributed by atoms with Gasteiger partial charge in [0.05, 0.1) is 5.92 Å². The lowest BCUT2D eigenvalue weighted by Gasteiger charge is -2.17. The molecule has 0 saturated carbocycles. The summed E-state index contributed by atoms with van der Waals surface area (Å²) in [4.78, 5) is 11.5. The molecule has 0 fully saturated rings. The summed E-state index contributed by atoms with van der Waals surface area (Å²) in [5.41, 5.74) is 0. The molecule has 0 aliphatic rings. The third-order valence-corrected chi connectivity index (χ3v) is 2.44. The van der Waals surface area contributed by atoms with Crippen molar-refractivity contribution >= 4 is 5.97 Å². The van der Waals surface area contributed by atoms with Crippen LogP contribution < -0.4 is 4.74 Å². The average molecular weight is 238 g/mol.